The Morgan fingerprint density at radius 1 is 1.46 bits per heavy atom. The van der Waals surface area contributed by atoms with E-state index in [1.54, 1.807) is 5.38 Å². The first-order valence-electron chi connectivity index (χ1n) is 3.49. The third-order valence-corrected chi connectivity index (χ3v) is 2.46. The van der Waals surface area contributed by atoms with Crippen LogP contribution >= 0.6 is 22.9 Å². The topological polar surface area (TPSA) is 25.8 Å². The molecule has 0 saturated carbocycles. The molecular formula is C8H4ClFN2S. The van der Waals surface area contributed by atoms with Crippen LogP contribution in [0.4, 0.5) is 4.39 Å². The lowest BCUT2D eigenvalue weighted by atomic mass is 10.3. The smallest absolute Gasteiger partial charge is 0.184 e. The van der Waals surface area contributed by atoms with E-state index in [0.717, 1.165) is 0 Å². The van der Waals surface area contributed by atoms with Crippen LogP contribution in [0, 0.1) is 5.82 Å². The highest BCUT2D eigenvalue weighted by molar-refractivity contribution is 7.14. The van der Waals surface area contributed by atoms with E-state index in [9.17, 15) is 4.39 Å². The first-order chi connectivity index (χ1) is 6.27. The Bertz CT molecular complexity index is 430. The normalized spacial score (nSPS) is 10.3. The maximum Gasteiger partial charge on any atom is 0.184 e. The van der Waals surface area contributed by atoms with Gasteiger partial charge in [0.25, 0.3) is 0 Å². The summed E-state index contributed by atoms with van der Waals surface area (Å²) in [6.07, 6.45) is 1.52. The number of nitrogens with zero attached hydrogens (tertiary/aromatic N) is 2. The lowest BCUT2D eigenvalue weighted by Gasteiger charge is -1.95. The van der Waals surface area contributed by atoms with Gasteiger partial charge in [-0.1, -0.05) is 11.6 Å². The Labute approximate surface area is 83.0 Å². The minimum atomic E-state index is -0.385. The lowest BCUT2D eigenvalue weighted by molar-refractivity contribution is 0.625. The van der Waals surface area contributed by atoms with Gasteiger partial charge >= 0.3 is 0 Å². The monoisotopic (exact) mass is 214 g/mol. The maximum absolute atomic E-state index is 13.1. The second-order valence-corrected chi connectivity index (χ2v) is 3.76. The molecule has 0 unspecified atom stereocenters. The Hall–Kier alpha value is -1.00. The lowest BCUT2D eigenvalue weighted by Crippen LogP contribution is -1.87. The Morgan fingerprint density at radius 3 is 2.92 bits per heavy atom. The Morgan fingerprint density at radius 2 is 2.31 bits per heavy atom. The highest BCUT2D eigenvalue weighted by Gasteiger charge is 2.08. The summed E-state index contributed by atoms with van der Waals surface area (Å²) in [4.78, 5) is 7.80. The van der Waals surface area contributed by atoms with E-state index in [2.05, 4.69) is 9.97 Å². The Kier molecular flexibility index (Phi) is 2.24. The van der Waals surface area contributed by atoms with Crippen LogP contribution in [0.1, 0.15) is 0 Å². The zero-order valence-corrected chi connectivity index (χ0v) is 7.94. The van der Waals surface area contributed by atoms with E-state index in [1.165, 1.54) is 29.7 Å². The average Bonchev–Trinajstić information content (AvgIpc) is 2.53. The molecule has 0 fully saturated rings. The number of pyridine rings is 1. The summed E-state index contributed by atoms with van der Waals surface area (Å²) in [5, 5.41) is 1.67. The first-order valence-corrected chi connectivity index (χ1v) is 4.75. The van der Waals surface area contributed by atoms with Crippen LogP contribution in [-0.4, -0.2) is 9.97 Å². The third kappa shape index (κ3) is 1.68. The van der Waals surface area contributed by atoms with Gasteiger partial charge in [-0.2, -0.15) is 0 Å². The van der Waals surface area contributed by atoms with Gasteiger partial charge in [0, 0.05) is 11.6 Å². The fourth-order valence-electron chi connectivity index (χ4n) is 0.935. The van der Waals surface area contributed by atoms with Gasteiger partial charge in [-0.25, -0.2) is 9.37 Å². The molecule has 0 bridgehead atoms. The van der Waals surface area contributed by atoms with E-state index < -0.39 is 0 Å². The molecule has 0 aliphatic heterocycles. The molecule has 2 aromatic heterocycles. The summed E-state index contributed by atoms with van der Waals surface area (Å²) < 4.78 is 13.5. The molecule has 0 aliphatic rings. The minimum absolute atomic E-state index is 0.241. The van der Waals surface area contributed by atoms with Gasteiger partial charge in [0.15, 0.2) is 10.3 Å². The predicted molar refractivity (Wildman–Crippen MR) is 50.3 cm³/mol. The van der Waals surface area contributed by atoms with E-state index in [1.807, 2.05) is 0 Å². The zero-order chi connectivity index (χ0) is 9.26. The molecule has 2 rings (SSSR count). The van der Waals surface area contributed by atoms with Crippen LogP contribution in [0.2, 0.25) is 4.47 Å². The van der Waals surface area contributed by atoms with E-state index >= 15 is 0 Å². The zero-order valence-electron chi connectivity index (χ0n) is 6.37. The number of hydrogen-bond acceptors (Lipinski definition) is 3. The summed E-state index contributed by atoms with van der Waals surface area (Å²) >= 11 is 6.88. The second kappa shape index (κ2) is 3.40. The van der Waals surface area contributed by atoms with Crippen LogP contribution in [0.15, 0.2) is 23.7 Å². The van der Waals surface area contributed by atoms with E-state index in [-0.39, 0.29) is 11.5 Å². The molecule has 5 heteroatoms. The molecule has 2 nitrogen and oxygen atoms in total. The van der Waals surface area contributed by atoms with Crippen LogP contribution < -0.4 is 0 Å². The Balaban J connectivity index is 2.52. The first kappa shape index (κ1) is 8.59. The van der Waals surface area contributed by atoms with Crippen molar-refractivity contribution < 1.29 is 4.39 Å². The molecule has 2 aromatic rings. The molecule has 0 aromatic carbocycles. The predicted octanol–water partition coefficient (Wildman–Crippen LogP) is 3.00. The van der Waals surface area contributed by atoms with Gasteiger partial charge in [-0.15, -0.1) is 11.3 Å². The van der Waals surface area contributed by atoms with Crippen molar-refractivity contribution in [3.8, 4) is 11.4 Å². The highest BCUT2D eigenvalue weighted by Crippen LogP contribution is 2.24. The van der Waals surface area contributed by atoms with E-state index in [0.29, 0.717) is 10.2 Å². The number of hydrogen-bond donors (Lipinski definition) is 0. The van der Waals surface area contributed by atoms with Crippen LogP contribution in [-0.2, 0) is 0 Å². The fourth-order valence-corrected chi connectivity index (χ4v) is 1.68. The van der Waals surface area contributed by atoms with E-state index in [4.69, 9.17) is 11.6 Å². The number of aromatic nitrogens is 2. The summed E-state index contributed by atoms with van der Waals surface area (Å²) in [6.45, 7) is 0. The highest BCUT2D eigenvalue weighted by atomic mass is 35.5. The molecule has 0 N–H and O–H groups in total. The standard InChI is InChI=1S/C8H4ClFN2S/c9-8-12-6(4-13-8)7-5(10)2-1-3-11-7/h1-4H. The van der Waals surface area contributed by atoms with Gasteiger partial charge in [-0.3, -0.25) is 4.98 Å². The summed E-state index contributed by atoms with van der Waals surface area (Å²) in [6, 6.07) is 2.88. The third-order valence-electron chi connectivity index (χ3n) is 1.48. The van der Waals surface area contributed by atoms with Crippen LogP contribution in [0.5, 0.6) is 0 Å². The molecule has 2 heterocycles. The van der Waals surface area contributed by atoms with Crippen molar-refractivity contribution >= 4 is 22.9 Å². The van der Waals surface area contributed by atoms with Crippen LogP contribution in [0.25, 0.3) is 11.4 Å². The quantitative estimate of drug-likeness (QED) is 0.729. The van der Waals surface area contributed by atoms with Crippen molar-refractivity contribution in [2.45, 2.75) is 0 Å². The van der Waals surface area contributed by atoms with Gasteiger partial charge in [0.2, 0.25) is 0 Å². The van der Waals surface area contributed by atoms with Gasteiger partial charge in [0.05, 0.1) is 0 Å². The second-order valence-electron chi connectivity index (χ2n) is 2.32. The van der Waals surface area contributed by atoms with Crippen molar-refractivity contribution in [1.82, 2.24) is 9.97 Å². The number of thiazole rings is 1. The summed E-state index contributed by atoms with van der Waals surface area (Å²) in [5.41, 5.74) is 0.721. The molecule has 0 amide bonds. The number of rotatable bonds is 1. The summed E-state index contributed by atoms with van der Waals surface area (Å²) in [7, 11) is 0. The van der Waals surface area contributed by atoms with Gasteiger partial charge < -0.3 is 0 Å². The van der Waals surface area contributed by atoms with Crippen molar-refractivity contribution in [1.29, 1.82) is 0 Å². The molecule has 0 atom stereocenters. The molecule has 0 saturated heterocycles. The molecule has 0 aliphatic carbocycles. The fraction of sp³-hybridized carbons (Fsp3) is 0. The maximum atomic E-state index is 13.1. The SMILES string of the molecule is Fc1cccnc1-c1csc(Cl)n1. The van der Waals surface area contributed by atoms with Crippen molar-refractivity contribution in [2.24, 2.45) is 0 Å². The van der Waals surface area contributed by atoms with Crippen LogP contribution in [0.3, 0.4) is 0 Å². The molecule has 66 valence electrons. The molecule has 0 radical (unpaired) electrons. The molecular weight excluding hydrogens is 211 g/mol. The molecule has 0 spiro atoms. The molecule has 13 heavy (non-hydrogen) atoms. The number of halogens is 2. The average molecular weight is 215 g/mol. The van der Waals surface area contributed by atoms with Crippen molar-refractivity contribution in [3.63, 3.8) is 0 Å². The van der Waals surface area contributed by atoms with Gasteiger partial charge in [-0.05, 0) is 12.1 Å². The van der Waals surface area contributed by atoms with Gasteiger partial charge in [0.1, 0.15) is 11.4 Å². The summed E-state index contributed by atoms with van der Waals surface area (Å²) in [5.74, 6) is -0.385. The largest absolute Gasteiger partial charge is 0.251 e. The van der Waals surface area contributed by atoms with Crippen molar-refractivity contribution in [3.05, 3.63) is 34.0 Å². The van der Waals surface area contributed by atoms with Crippen molar-refractivity contribution in [2.75, 3.05) is 0 Å². The minimum Gasteiger partial charge on any atom is -0.251 e.